The molecular formula is C75H131NO8P+. The zero-order chi connectivity index (χ0) is 61.9. The second kappa shape index (κ2) is 64.9. The number of carbonyl (C=O) groups is 2. The number of nitrogens with zero attached hydrogens (tertiary/aromatic N) is 1. The lowest BCUT2D eigenvalue weighted by atomic mass is 10.0. The molecule has 85 heavy (non-hydrogen) atoms. The SMILES string of the molecule is CC/C=C\C/C=C\C/C=C\C/C=C\C/C=C\C/C=C\C/C=C\C/C=C\C/C=C\C/C=C\CCCCC(=O)OC(COC(=O)CCCCCCCCCCCCCCCCCCCCCCCCCCCCCC)COP(=O)(O)OCC[N+](C)(C)C. The summed E-state index contributed by atoms with van der Waals surface area (Å²) in [6.07, 6.45) is 93.1. The van der Waals surface area contributed by atoms with Gasteiger partial charge in [0.05, 0.1) is 27.7 Å². The Bertz CT molecular complexity index is 1850. The number of ether oxygens (including phenoxy) is 2. The molecule has 0 aliphatic heterocycles. The molecule has 488 valence electrons. The predicted molar refractivity (Wildman–Crippen MR) is 367 cm³/mol. The van der Waals surface area contributed by atoms with Gasteiger partial charge in [-0.3, -0.25) is 18.6 Å². The van der Waals surface area contributed by atoms with E-state index in [0.717, 1.165) is 96.3 Å². The Morgan fingerprint density at radius 1 is 0.376 bits per heavy atom. The fourth-order valence-electron chi connectivity index (χ4n) is 9.46. The van der Waals surface area contributed by atoms with Crippen molar-refractivity contribution in [1.82, 2.24) is 0 Å². The third-order valence-corrected chi connectivity index (χ3v) is 15.7. The van der Waals surface area contributed by atoms with Crippen LogP contribution in [0, 0.1) is 0 Å². The molecule has 0 heterocycles. The number of esters is 2. The molecule has 2 unspecified atom stereocenters. The Kier molecular flexibility index (Phi) is 62.1. The molecule has 0 aromatic carbocycles. The van der Waals surface area contributed by atoms with Crippen LogP contribution in [0.5, 0.6) is 0 Å². The largest absolute Gasteiger partial charge is 0.472 e. The average molecular weight is 1210 g/mol. The van der Waals surface area contributed by atoms with Crippen LogP contribution in [0.25, 0.3) is 0 Å². The Labute approximate surface area is 524 Å². The molecule has 10 heteroatoms. The topological polar surface area (TPSA) is 108 Å². The number of unbranched alkanes of at least 4 members (excludes halogenated alkanes) is 29. The fourth-order valence-corrected chi connectivity index (χ4v) is 10.2. The van der Waals surface area contributed by atoms with Gasteiger partial charge in [-0.05, 0) is 89.9 Å². The third kappa shape index (κ3) is 69.4. The number of rotatable bonds is 63. The molecule has 0 spiro atoms. The highest BCUT2D eigenvalue weighted by molar-refractivity contribution is 7.47. The summed E-state index contributed by atoms with van der Waals surface area (Å²) in [7, 11) is 1.44. The summed E-state index contributed by atoms with van der Waals surface area (Å²) in [5, 5.41) is 0. The maximum Gasteiger partial charge on any atom is 0.472 e. The minimum absolute atomic E-state index is 0.0181. The summed E-state index contributed by atoms with van der Waals surface area (Å²) in [6, 6.07) is 0. The van der Waals surface area contributed by atoms with Crippen LogP contribution >= 0.6 is 7.82 Å². The van der Waals surface area contributed by atoms with Crippen LogP contribution in [0.15, 0.2) is 122 Å². The van der Waals surface area contributed by atoms with E-state index >= 15 is 0 Å². The first-order valence-electron chi connectivity index (χ1n) is 34.8. The van der Waals surface area contributed by atoms with E-state index in [9.17, 15) is 19.0 Å². The van der Waals surface area contributed by atoms with Gasteiger partial charge in [0.15, 0.2) is 6.10 Å². The lowest BCUT2D eigenvalue weighted by Crippen LogP contribution is -2.37. The number of hydrogen-bond acceptors (Lipinski definition) is 7. The Morgan fingerprint density at radius 2 is 0.671 bits per heavy atom. The van der Waals surface area contributed by atoms with Crippen LogP contribution in [-0.2, 0) is 32.7 Å². The number of likely N-dealkylation sites (N-methyl/N-ethyl adjacent to an activating group) is 1. The van der Waals surface area contributed by atoms with Gasteiger partial charge in [0, 0.05) is 12.8 Å². The van der Waals surface area contributed by atoms with E-state index in [4.69, 9.17) is 18.5 Å². The second-order valence-corrected chi connectivity index (χ2v) is 25.6. The highest BCUT2D eigenvalue weighted by Gasteiger charge is 2.27. The first-order chi connectivity index (χ1) is 41.5. The van der Waals surface area contributed by atoms with Crippen molar-refractivity contribution in [1.29, 1.82) is 0 Å². The van der Waals surface area contributed by atoms with Crippen molar-refractivity contribution in [3.05, 3.63) is 122 Å². The average Bonchev–Trinajstić information content (AvgIpc) is 3.54. The first kappa shape index (κ1) is 81.4. The van der Waals surface area contributed by atoms with Crippen LogP contribution in [0.2, 0.25) is 0 Å². The van der Waals surface area contributed by atoms with Crippen LogP contribution < -0.4 is 0 Å². The molecule has 0 fully saturated rings. The summed E-state index contributed by atoms with van der Waals surface area (Å²) in [5.41, 5.74) is 0. The van der Waals surface area contributed by atoms with Gasteiger partial charge in [-0.25, -0.2) is 4.57 Å². The van der Waals surface area contributed by atoms with Crippen LogP contribution in [0.4, 0.5) is 0 Å². The Hall–Kier alpha value is -3.59. The molecule has 1 N–H and O–H groups in total. The van der Waals surface area contributed by atoms with E-state index in [1.54, 1.807) is 0 Å². The summed E-state index contributed by atoms with van der Waals surface area (Å²) in [4.78, 5) is 35.8. The molecule has 0 saturated carbocycles. The normalized spacial score (nSPS) is 13.9. The van der Waals surface area contributed by atoms with Gasteiger partial charge in [-0.15, -0.1) is 0 Å². The second-order valence-electron chi connectivity index (χ2n) is 24.2. The molecule has 0 bridgehead atoms. The monoisotopic (exact) mass is 1200 g/mol. The van der Waals surface area contributed by atoms with Gasteiger partial charge < -0.3 is 18.9 Å². The van der Waals surface area contributed by atoms with Crippen molar-refractivity contribution < 1.29 is 42.1 Å². The molecule has 0 aliphatic carbocycles. The van der Waals surface area contributed by atoms with E-state index < -0.39 is 26.5 Å². The highest BCUT2D eigenvalue weighted by Crippen LogP contribution is 2.43. The molecule has 0 saturated heterocycles. The third-order valence-electron chi connectivity index (χ3n) is 14.8. The summed E-state index contributed by atoms with van der Waals surface area (Å²) >= 11 is 0. The van der Waals surface area contributed by atoms with Crippen molar-refractivity contribution in [2.24, 2.45) is 0 Å². The maximum atomic E-state index is 12.9. The van der Waals surface area contributed by atoms with Crippen LogP contribution in [0.1, 0.15) is 290 Å². The van der Waals surface area contributed by atoms with Crippen molar-refractivity contribution >= 4 is 19.8 Å². The fraction of sp³-hybridized carbons (Fsp3) is 0.707. The van der Waals surface area contributed by atoms with E-state index in [1.165, 1.54) is 161 Å². The number of hydrogen-bond donors (Lipinski definition) is 1. The number of phosphoric acid groups is 1. The summed E-state index contributed by atoms with van der Waals surface area (Å²) < 4.78 is 34.6. The molecule has 2 atom stereocenters. The van der Waals surface area contributed by atoms with E-state index in [0.29, 0.717) is 17.4 Å². The van der Waals surface area contributed by atoms with Gasteiger partial charge in [-0.1, -0.05) is 309 Å². The highest BCUT2D eigenvalue weighted by atomic mass is 31.2. The molecule has 0 aromatic rings. The molecule has 0 rings (SSSR count). The Morgan fingerprint density at radius 3 is 1.00 bits per heavy atom. The van der Waals surface area contributed by atoms with Gasteiger partial charge in [-0.2, -0.15) is 0 Å². The van der Waals surface area contributed by atoms with Crippen LogP contribution in [0.3, 0.4) is 0 Å². The lowest BCUT2D eigenvalue weighted by molar-refractivity contribution is -0.870. The van der Waals surface area contributed by atoms with Gasteiger partial charge in [0.2, 0.25) is 0 Å². The van der Waals surface area contributed by atoms with Gasteiger partial charge in [0.1, 0.15) is 19.8 Å². The number of allylic oxidation sites excluding steroid dienone is 20. The maximum absolute atomic E-state index is 12.9. The zero-order valence-corrected chi connectivity index (χ0v) is 56.5. The van der Waals surface area contributed by atoms with E-state index in [1.807, 2.05) is 21.1 Å². The first-order valence-corrected chi connectivity index (χ1v) is 36.3. The molecular weight excluding hydrogens is 1070 g/mol. The van der Waals surface area contributed by atoms with E-state index in [-0.39, 0.29) is 32.0 Å². The van der Waals surface area contributed by atoms with Crippen molar-refractivity contribution in [3.8, 4) is 0 Å². The zero-order valence-electron chi connectivity index (χ0n) is 55.6. The smallest absolute Gasteiger partial charge is 0.462 e. The minimum atomic E-state index is -4.41. The predicted octanol–water partition coefficient (Wildman–Crippen LogP) is 22.7. The molecule has 0 aliphatic rings. The van der Waals surface area contributed by atoms with E-state index in [2.05, 4.69) is 135 Å². The standard InChI is InChI=1S/C75H130NO8P/c1-6-8-10-12-14-16-18-20-22-24-26-28-30-32-34-36-37-38-39-40-42-44-46-48-50-52-54-56-58-60-62-64-66-68-75(78)84-73(72-83-85(79,80)82-70-69-76(3,4)5)71-81-74(77)67-65-63-61-59-57-55-53-51-49-47-45-43-41-35-33-31-29-27-25-23-21-19-17-15-13-11-9-7-2/h8,10,14,16,20,22,26,28,32,34,37-38,40,42,46,48,52,54,58,60,73H,6-7,9,11-13,15,17-19,21,23-25,27,29-31,33,35-36,39,41,43-45,47,49-51,53,55-57,59,61-72H2,1-5H3/p+1/b10-8-,16-14-,22-20-,28-26-,34-32-,38-37-,42-40-,48-46-,54-52-,60-58-. The molecule has 9 nitrogen and oxygen atoms in total. The number of carbonyl (C=O) groups excluding carboxylic acids is 2. The van der Waals surface area contributed by atoms with Crippen molar-refractivity contribution in [2.75, 3.05) is 47.5 Å². The molecule has 0 radical (unpaired) electrons. The summed E-state index contributed by atoms with van der Waals surface area (Å²) in [6.45, 7) is 4.29. The number of phosphoric ester groups is 1. The lowest BCUT2D eigenvalue weighted by Gasteiger charge is -2.24. The quantitative estimate of drug-likeness (QED) is 0.0211. The van der Waals surface area contributed by atoms with Crippen LogP contribution in [-0.4, -0.2) is 74.9 Å². The van der Waals surface area contributed by atoms with Crippen molar-refractivity contribution in [3.63, 3.8) is 0 Å². The van der Waals surface area contributed by atoms with Crippen molar-refractivity contribution in [2.45, 2.75) is 296 Å². The molecule has 0 amide bonds. The minimum Gasteiger partial charge on any atom is -0.462 e. The Balaban J connectivity index is 4.17. The van der Waals surface area contributed by atoms with Gasteiger partial charge >= 0.3 is 19.8 Å². The summed E-state index contributed by atoms with van der Waals surface area (Å²) in [5.74, 6) is -0.846. The number of quaternary nitrogens is 1. The van der Waals surface area contributed by atoms with Gasteiger partial charge in [0.25, 0.3) is 0 Å². The molecule has 0 aromatic heterocycles.